The Kier molecular flexibility index (Phi) is 5.64. The van der Waals surface area contributed by atoms with E-state index in [1.54, 1.807) is 6.92 Å². The van der Waals surface area contributed by atoms with Crippen LogP contribution in [0.15, 0.2) is 42.0 Å². The third kappa shape index (κ3) is 5.84. The summed E-state index contributed by atoms with van der Waals surface area (Å²) in [4.78, 5) is 21.8. The Hall–Kier alpha value is -2.10. The number of hydrogen-bond donors (Lipinski definition) is 1. The smallest absolute Gasteiger partial charge is 0.331 e. The standard InChI is InChI=1S/C14H16O4/c1-11(7-8-13(15)16)9-14(17)18-10-12-5-3-2-4-6-12/h2-6,9H,7-8,10H2,1H3,(H,15,16). The van der Waals surface area contributed by atoms with Gasteiger partial charge in [0.25, 0.3) is 0 Å². The minimum absolute atomic E-state index is 0.0221. The molecule has 0 atom stereocenters. The lowest BCUT2D eigenvalue weighted by atomic mass is 10.1. The van der Waals surface area contributed by atoms with Gasteiger partial charge in [0.1, 0.15) is 6.61 Å². The van der Waals surface area contributed by atoms with Gasteiger partial charge in [-0.2, -0.15) is 0 Å². The third-order valence-electron chi connectivity index (χ3n) is 2.32. The van der Waals surface area contributed by atoms with E-state index in [1.165, 1.54) is 6.08 Å². The first-order chi connectivity index (χ1) is 8.58. The molecule has 96 valence electrons. The second-order valence-corrected chi connectivity index (χ2v) is 3.98. The van der Waals surface area contributed by atoms with Crippen LogP contribution in [-0.2, 0) is 20.9 Å². The number of carboxylic acid groups (broad SMARTS) is 1. The zero-order valence-electron chi connectivity index (χ0n) is 10.3. The quantitative estimate of drug-likeness (QED) is 0.620. The molecule has 1 rings (SSSR count). The van der Waals surface area contributed by atoms with Crippen molar-refractivity contribution in [3.05, 3.63) is 47.5 Å². The van der Waals surface area contributed by atoms with Crippen molar-refractivity contribution in [1.29, 1.82) is 0 Å². The molecule has 0 aromatic heterocycles. The average molecular weight is 248 g/mol. The number of carbonyl (C=O) groups excluding carboxylic acids is 1. The van der Waals surface area contributed by atoms with Gasteiger partial charge in [0.2, 0.25) is 0 Å². The Bertz CT molecular complexity index is 434. The number of aliphatic carboxylic acids is 1. The zero-order chi connectivity index (χ0) is 13.4. The lowest BCUT2D eigenvalue weighted by Gasteiger charge is -2.03. The van der Waals surface area contributed by atoms with Gasteiger partial charge >= 0.3 is 11.9 Å². The fourth-order valence-electron chi connectivity index (χ4n) is 1.35. The van der Waals surface area contributed by atoms with E-state index in [2.05, 4.69) is 0 Å². The van der Waals surface area contributed by atoms with E-state index in [4.69, 9.17) is 9.84 Å². The van der Waals surface area contributed by atoms with Crippen molar-refractivity contribution >= 4 is 11.9 Å². The molecule has 0 saturated heterocycles. The first kappa shape index (κ1) is 14.0. The van der Waals surface area contributed by atoms with Crippen molar-refractivity contribution in [3.63, 3.8) is 0 Å². The molecule has 0 spiro atoms. The van der Waals surface area contributed by atoms with Gasteiger partial charge in [-0.1, -0.05) is 35.9 Å². The van der Waals surface area contributed by atoms with Gasteiger partial charge in [-0.15, -0.1) is 0 Å². The van der Waals surface area contributed by atoms with Gasteiger partial charge < -0.3 is 9.84 Å². The molecule has 0 amide bonds. The number of carbonyl (C=O) groups is 2. The molecule has 1 aromatic rings. The van der Waals surface area contributed by atoms with Crippen molar-refractivity contribution in [2.24, 2.45) is 0 Å². The molecule has 0 fully saturated rings. The van der Waals surface area contributed by atoms with Crippen molar-refractivity contribution in [2.75, 3.05) is 0 Å². The van der Waals surface area contributed by atoms with Crippen LogP contribution in [0.4, 0.5) is 0 Å². The monoisotopic (exact) mass is 248 g/mol. The van der Waals surface area contributed by atoms with Crippen LogP contribution in [0.2, 0.25) is 0 Å². The van der Waals surface area contributed by atoms with E-state index in [-0.39, 0.29) is 13.0 Å². The van der Waals surface area contributed by atoms with Gasteiger partial charge in [-0.05, 0) is 18.9 Å². The molecule has 0 aliphatic rings. The summed E-state index contributed by atoms with van der Waals surface area (Å²) >= 11 is 0. The number of benzene rings is 1. The van der Waals surface area contributed by atoms with E-state index in [0.717, 1.165) is 5.56 Å². The number of hydrogen-bond acceptors (Lipinski definition) is 3. The summed E-state index contributed by atoms with van der Waals surface area (Å²) < 4.78 is 5.04. The van der Waals surface area contributed by atoms with Crippen molar-refractivity contribution < 1.29 is 19.4 Å². The predicted octanol–water partition coefficient (Wildman–Crippen LogP) is 2.54. The number of allylic oxidation sites excluding steroid dienone is 1. The first-order valence-electron chi connectivity index (χ1n) is 5.67. The normalized spacial score (nSPS) is 11.1. The van der Waals surface area contributed by atoms with Gasteiger partial charge in [0, 0.05) is 12.5 Å². The minimum Gasteiger partial charge on any atom is -0.481 e. The Balaban J connectivity index is 2.37. The molecular formula is C14H16O4. The maximum Gasteiger partial charge on any atom is 0.331 e. The van der Waals surface area contributed by atoms with Crippen LogP contribution in [0.3, 0.4) is 0 Å². The van der Waals surface area contributed by atoms with E-state index in [0.29, 0.717) is 12.0 Å². The van der Waals surface area contributed by atoms with Crippen molar-refractivity contribution in [3.8, 4) is 0 Å². The summed E-state index contributed by atoms with van der Waals surface area (Å²) in [7, 11) is 0. The highest BCUT2D eigenvalue weighted by molar-refractivity contribution is 5.82. The molecule has 0 aliphatic heterocycles. The van der Waals surface area contributed by atoms with Crippen LogP contribution < -0.4 is 0 Å². The molecule has 18 heavy (non-hydrogen) atoms. The van der Waals surface area contributed by atoms with Crippen LogP contribution in [0.25, 0.3) is 0 Å². The minimum atomic E-state index is -0.875. The number of carboxylic acids is 1. The second kappa shape index (κ2) is 7.27. The highest BCUT2D eigenvalue weighted by Gasteiger charge is 2.02. The molecule has 0 bridgehead atoms. The third-order valence-corrected chi connectivity index (χ3v) is 2.32. The molecule has 4 heteroatoms. The molecule has 4 nitrogen and oxygen atoms in total. The van der Waals surface area contributed by atoms with Gasteiger partial charge in [-0.25, -0.2) is 4.79 Å². The van der Waals surface area contributed by atoms with E-state index < -0.39 is 11.9 Å². The maximum absolute atomic E-state index is 11.4. The van der Waals surface area contributed by atoms with Gasteiger partial charge in [0.05, 0.1) is 0 Å². The van der Waals surface area contributed by atoms with Crippen LogP contribution in [0, 0.1) is 0 Å². The topological polar surface area (TPSA) is 63.6 Å². The van der Waals surface area contributed by atoms with Gasteiger partial charge in [0.15, 0.2) is 0 Å². The second-order valence-electron chi connectivity index (χ2n) is 3.98. The first-order valence-corrected chi connectivity index (χ1v) is 5.67. The summed E-state index contributed by atoms with van der Waals surface area (Å²) in [6.07, 6.45) is 1.72. The largest absolute Gasteiger partial charge is 0.481 e. The Morgan fingerprint density at radius 2 is 1.89 bits per heavy atom. The number of esters is 1. The van der Waals surface area contributed by atoms with Crippen molar-refractivity contribution in [2.45, 2.75) is 26.4 Å². The summed E-state index contributed by atoms with van der Waals surface area (Å²) in [5, 5.41) is 8.51. The molecule has 0 aliphatic carbocycles. The Morgan fingerprint density at radius 1 is 1.22 bits per heavy atom. The van der Waals surface area contributed by atoms with E-state index in [1.807, 2.05) is 30.3 Å². The molecule has 0 unspecified atom stereocenters. The lowest BCUT2D eigenvalue weighted by molar-refractivity contribution is -0.139. The fraction of sp³-hybridized carbons (Fsp3) is 0.286. The summed E-state index contributed by atoms with van der Waals surface area (Å²) in [5.41, 5.74) is 1.62. The molecule has 0 radical (unpaired) electrons. The maximum atomic E-state index is 11.4. The van der Waals surface area contributed by atoms with Crippen LogP contribution in [-0.4, -0.2) is 17.0 Å². The zero-order valence-corrected chi connectivity index (χ0v) is 10.3. The molecule has 0 heterocycles. The number of rotatable bonds is 6. The van der Waals surface area contributed by atoms with Crippen LogP contribution in [0.1, 0.15) is 25.3 Å². The SMILES string of the molecule is CC(=CC(=O)OCc1ccccc1)CCC(=O)O. The molecule has 1 aromatic carbocycles. The predicted molar refractivity (Wildman–Crippen MR) is 66.9 cm³/mol. The van der Waals surface area contributed by atoms with Gasteiger partial charge in [-0.3, -0.25) is 4.79 Å². The lowest BCUT2D eigenvalue weighted by Crippen LogP contribution is -2.02. The average Bonchev–Trinajstić information content (AvgIpc) is 2.35. The van der Waals surface area contributed by atoms with E-state index in [9.17, 15) is 9.59 Å². The highest BCUT2D eigenvalue weighted by atomic mass is 16.5. The summed E-state index contributed by atoms with van der Waals surface area (Å²) in [6.45, 7) is 1.94. The van der Waals surface area contributed by atoms with E-state index >= 15 is 0 Å². The fourth-order valence-corrected chi connectivity index (χ4v) is 1.35. The number of ether oxygens (including phenoxy) is 1. The highest BCUT2D eigenvalue weighted by Crippen LogP contribution is 2.06. The molecule has 1 N–H and O–H groups in total. The van der Waals surface area contributed by atoms with Crippen molar-refractivity contribution in [1.82, 2.24) is 0 Å². The van der Waals surface area contributed by atoms with Crippen LogP contribution >= 0.6 is 0 Å². The van der Waals surface area contributed by atoms with Crippen LogP contribution in [0.5, 0.6) is 0 Å². The summed E-state index contributed by atoms with van der Waals surface area (Å²) in [5.74, 6) is -1.32. The molecule has 0 saturated carbocycles. The Morgan fingerprint density at radius 3 is 2.50 bits per heavy atom. The molecular weight excluding hydrogens is 232 g/mol. The Labute approximate surface area is 106 Å². The summed E-state index contributed by atoms with van der Waals surface area (Å²) in [6, 6.07) is 9.37.